The molecule has 8 nitrogen and oxygen atoms in total. The lowest BCUT2D eigenvalue weighted by atomic mass is 10.2. The molecule has 2 aliphatic rings. The highest BCUT2D eigenvalue weighted by atomic mass is 16.5. The van der Waals surface area contributed by atoms with Crippen LogP contribution in [0.5, 0.6) is 5.75 Å². The summed E-state index contributed by atoms with van der Waals surface area (Å²) in [5.41, 5.74) is 0.603. The molecule has 2 saturated heterocycles. The molecule has 1 aromatic carbocycles. The van der Waals surface area contributed by atoms with Gasteiger partial charge in [0.25, 0.3) is 5.91 Å². The number of imide groups is 1. The SMILES string of the molecule is CCCCOc1ccc(N2C(=O)C[C@@H](N3CCN(c4ncccn4)CC3)C2=O)cc1. The van der Waals surface area contributed by atoms with Gasteiger partial charge >= 0.3 is 0 Å². The van der Waals surface area contributed by atoms with Crippen molar-refractivity contribution >= 4 is 23.5 Å². The summed E-state index contributed by atoms with van der Waals surface area (Å²) in [4.78, 5) is 39.8. The third kappa shape index (κ3) is 4.28. The van der Waals surface area contributed by atoms with E-state index >= 15 is 0 Å². The summed E-state index contributed by atoms with van der Waals surface area (Å²) < 4.78 is 5.67. The van der Waals surface area contributed by atoms with Gasteiger partial charge in [0.15, 0.2) is 0 Å². The number of carbonyl (C=O) groups excluding carboxylic acids is 2. The Balaban J connectivity index is 1.37. The van der Waals surface area contributed by atoms with E-state index in [-0.39, 0.29) is 18.2 Å². The van der Waals surface area contributed by atoms with Crippen LogP contribution >= 0.6 is 0 Å². The second kappa shape index (κ2) is 9.21. The van der Waals surface area contributed by atoms with E-state index in [1.807, 2.05) is 12.1 Å². The standard InChI is InChI=1S/C22H27N5O3/c1-2-3-15-30-18-7-5-17(6-8-18)27-20(28)16-19(21(27)29)25-11-13-26(14-12-25)22-23-9-4-10-24-22/h4-10,19H,2-3,11-16H2,1H3/t19-/m1/s1. The van der Waals surface area contributed by atoms with Crippen molar-refractivity contribution in [3.8, 4) is 5.75 Å². The number of ether oxygens (including phenoxy) is 1. The number of hydrogen-bond donors (Lipinski definition) is 0. The lowest BCUT2D eigenvalue weighted by Gasteiger charge is -2.36. The fraction of sp³-hybridized carbons (Fsp3) is 0.455. The summed E-state index contributed by atoms with van der Waals surface area (Å²) in [7, 11) is 0. The molecular weight excluding hydrogens is 382 g/mol. The van der Waals surface area contributed by atoms with Gasteiger partial charge in [-0.15, -0.1) is 0 Å². The maximum atomic E-state index is 13.1. The first kappa shape index (κ1) is 20.3. The Morgan fingerprint density at radius 2 is 1.73 bits per heavy atom. The number of amides is 2. The molecule has 2 fully saturated rings. The first-order valence-electron chi connectivity index (χ1n) is 10.5. The summed E-state index contributed by atoms with van der Waals surface area (Å²) in [6.45, 7) is 5.62. The molecule has 0 spiro atoms. The minimum Gasteiger partial charge on any atom is -0.494 e. The van der Waals surface area contributed by atoms with Gasteiger partial charge in [-0.3, -0.25) is 14.5 Å². The van der Waals surface area contributed by atoms with Crippen LogP contribution in [-0.2, 0) is 9.59 Å². The van der Waals surface area contributed by atoms with Crippen molar-refractivity contribution in [2.75, 3.05) is 42.6 Å². The summed E-state index contributed by atoms with van der Waals surface area (Å²) in [6.07, 6.45) is 5.74. The van der Waals surface area contributed by atoms with Crippen LogP contribution in [-0.4, -0.2) is 65.5 Å². The van der Waals surface area contributed by atoms with Crippen LogP contribution in [0, 0.1) is 0 Å². The Kier molecular flexibility index (Phi) is 6.23. The van der Waals surface area contributed by atoms with Crippen molar-refractivity contribution in [1.29, 1.82) is 0 Å². The van der Waals surface area contributed by atoms with Gasteiger partial charge in [0.05, 0.1) is 24.8 Å². The van der Waals surface area contributed by atoms with E-state index in [0.717, 1.165) is 31.7 Å². The molecule has 8 heteroatoms. The molecule has 1 aromatic heterocycles. The second-order valence-electron chi connectivity index (χ2n) is 7.56. The van der Waals surface area contributed by atoms with Gasteiger partial charge in [-0.1, -0.05) is 13.3 Å². The van der Waals surface area contributed by atoms with Gasteiger partial charge in [0, 0.05) is 38.6 Å². The number of carbonyl (C=O) groups is 2. The average Bonchev–Trinajstić information content (AvgIpc) is 3.09. The molecular formula is C22H27N5O3. The number of anilines is 2. The van der Waals surface area contributed by atoms with Crippen molar-refractivity contribution in [2.45, 2.75) is 32.2 Å². The van der Waals surface area contributed by atoms with E-state index in [2.05, 4.69) is 26.7 Å². The number of rotatable bonds is 7. The first-order chi connectivity index (χ1) is 14.7. The summed E-state index contributed by atoms with van der Waals surface area (Å²) in [5, 5.41) is 0. The summed E-state index contributed by atoms with van der Waals surface area (Å²) in [6, 6.07) is 8.58. The normalized spacial score (nSPS) is 20.1. The Hall–Kier alpha value is -3.00. The van der Waals surface area contributed by atoms with Crippen LogP contribution < -0.4 is 14.5 Å². The largest absolute Gasteiger partial charge is 0.494 e. The number of piperazine rings is 1. The van der Waals surface area contributed by atoms with E-state index in [0.29, 0.717) is 31.3 Å². The lowest BCUT2D eigenvalue weighted by molar-refractivity contribution is -0.123. The molecule has 1 atom stereocenters. The van der Waals surface area contributed by atoms with Crippen molar-refractivity contribution in [3.63, 3.8) is 0 Å². The maximum Gasteiger partial charge on any atom is 0.251 e. The van der Waals surface area contributed by atoms with E-state index in [1.165, 1.54) is 4.90 Å². The number of unbranched alkanes of at least 4 members (excludes halogenated alkanes) is 1. The second-order valence-corrected chi connectivity index (χ2v) is 7.56. The van der Waals surface area contributed by atoms with Gasteiger partial charge in [-0.25, -0.2) is 14.9 Å². The highest BCUT2D eigenvalue weighted by Crippen LogP contribution is 2.28. The Morgan fingerprint density at radius 3 is 2.40 bits per heavy atom. The first-order valence-corrected chi connectivity index (χ1v) is 10.5. The van der Waals surface area contributed by atoms with E-state index in [4.69, 9.17) is 4.74 Å². The van der Waals surface area contributed by atoms with Gasteiger partial charge in [0.1, 0.15) is 5.75 Å². The van der Waals surface area contributed by atoms with Gasteiger partial charge < -0.3 is 9.64 Å². The van der Waals surface area contributed by atoms with Crippen molar-refractivity contribution in [2.24, 2.45) is 0 Å². The van der Waals surface area contributed by atoms with E-state index in [1.54, 1.807) is 30.6 Å². The molecule has 4 rings (SSSR count). The molecule has 0 unspecified atom stereocenters. The summed E-state index contributed by atoms with van der Waals surface area (Å²) >= 11 is 0. The van der Waals surface area contributed by atoms with Crippen LogP contribution in [0.4, 0.5) is 11.6 Å². The number of benzene rings is 1. The molecule has 0 aliphatic carbocycles. The quantitative estimate of drug-likeness (QED) is 0.512. The molecule has 2 amide bonds. The molecule has 0 N–H and O–H groups in total. The molecule has 0 bridgehead atoms. The average molecular weight is 409 g/mol. The molecule has 158 valence electrons. The van der Waals surface area contributed by atoms with Crippen LogP contribution in [0.3, 0.4) is 0 Å². The van der Waals surface area contributed by atoms with Gasteiger partial charge in [0.2, 0.25) is 11.9 Å². The van der Waals surface area contributed by atoms with Crippen molar-refractivity contribution in [3.05, 3.63) is 42.7 Å². The zero-order valence-corrected chi connectivity index (χ0v) is 17.2. The predicted octanol–water partition coefficient (Wildman–Crippen LogP) is 2.11. The van der Waals surface area contributed by atoms with Crippen LogP contribution in [0.2, 0.25) is 0 Å². The fourth-order valence-corrected chi connectivity index (χ4v) is 3.89. The number of nitrogens with zero attached hydrogens (tertiary/aromatic N) is 5. The van der Waals surface area contributed by atoms with Gasteiger partial charge in [-0.2, -0.15) is 0 Å². The van der Waals surface area contributed by atoms with Gasteiger partial charge in [-0.05, 0) is 36.8 Å². The Bertz CT molecular complexity index is 866. The Morgan fingerprint density at radius 1 is 1.03 bits per heavy atom. The number of aromatic nitrogens is 2. The zero-order chi connectivity index (χ0) is 20.9. The zero-order valence-electron chi connectivity index (χ0n) is 17.2. The predicted molar refractivity (Wildman–Crippen MR) is 114 cm³/mol. The molecule has 3 heterocycles. The Labute approximate surface area is 176 Å². The van der Waals surface area contributed by atoms with Crippen LogP contribution in [0.15, 0.2) is 42.7 Å². The highest BCUT2D eigenvalue weighted by molar-refractivity contribution is 6.22. The molecule has 0 radical (unpaired) electrons. The van der Waals surface area contributed by atoms with Crippen molar-refractivity contribution in [1.82, 2.24) is 14.9 Å². The van der Waals surface area contributed by atoms with Crippen LogP contribution in [0.25, 0.3) is 0 Å². The minimum absolute atomic E-state index is 0.149. The molecule has 2 aromatic rings. The third-order valence-corrected chi connectivity index (χ3v) is 5.57. The smallest absolute Gasteiger partial charge is 0.251 e. The molecule has 0 saturated carbocycles. The van der Waals surface area contributed by atoms with Crippen LogP contribution in [0.1, 0.15) is 26.2 Å². The highest BCUT2D eigenvalue weighted by Gasteiger charge is 2.43. The third-order valence-electron chi connectivity index (χ3n) is 5.57. The van der Waals surface area contributed by atoms with E-state index < -0.39 is 6.04 Å². The minimum atomic E-state index is -0.406. The molecule has 30 heavy (non-hydrogen) atoms. The topological polar surface area (TPSA) is 78.9 Å². The van der Waals surface area contributed by atoms with E-state index in [9.17, 15) is 9.59 Å². The summed E-state index contributed by atoms with van der Waals surface area (Å²) in [5.74, 6) is 1.15. The monoisotopic (exact) mass is 409 g/mol. The van der Waals surface area contributed by atoms with Crippen molar-refractivity contribution < 1.29 is 14.3 Å². The molecule has 2 aliphatic heterocycles. The number of hydrogen-bond acceptors (Lipinski definition) is 7. The lowest BCUT2D eigenvalue weighted by Crippen LogP contribution is -2.53. The fourth-order valence-electron chi connectivity index (χ4n) is 3.89. The maximum absolute atomic E-state index is 13.1.